The maximum Gasteiger partial charge on any atom is 0.227 e. The average molecular weight is 244 g/mol. The molecule has 0 aliphatic rings. The van der Waals surface area contributed by atoms with Crippen LogP contribution in [0.1, 0.15) is 6.42 Å². The first-order chi connectivity index (χ1) is 7.65. The van der Waals surface area contributed by atoms with E-state index < -0.39 is 0 Å². The molecule has 1 aromatic heterocycles. The lowest BCUT2D eigenvalue weighted by molar-refractivity contribution is -0.118. The third kappa shape index (κ3) is 4.14. The van der Waals surface area contributed by atoms with Crippen molar-refractivity contribution in [2.45, 2.75) is 12.5 Å². The van der Waals surface area contributed by atoms with Crippen LogP contribution in [-0.4, -0.2) is 30.6 Å². The molecule has 88 valence electrons. The highest BCUT2D eigenvalue weighted by molar-refractivity contribution is 6.29. The molecule has 0 spiro atoms. The molecule has 0 saturated heterocycles. The van der Waals surface area contributed by atoms with Crippen LogP contribution in [0.3, 0.4) is 0 Å². The minimum Gasteiger partial charge on any atom is -0.380 e. The molecule has 1 rings (SSSR count). The summed E-state index contributed by atoms with van der Waals surface area (Å²) in [5.41, 5.74) is 6.01. The maximum atomic E-state index is 11.5. The van der Waals surface area contributed by atoms with Gasteiger partial charge in [-0.25, -0.2) is 4.98 Å². The summed E-state index contributed by atoms with van der Waals surface area (Å²) in [6.45, 7) is 0.308. The number of rotatable bonds is 5. The van der Waals surface area contributed by atoms with E-state index in [4.69, 9.17) is 22.1 Å². The summed E-state index contributed by atoms with van der Waals surface area (Å²) in [7, 11) is 1.52. The second kappa shape index (κ2) is 6.42. The number of pyridine rings is 1. The third-order valence-corrected chi connectivity index (χ3v) is 2.24. The fourth-order valence-corrected chi connectivity index (χ4v) is 1.24. The Morgan fingerprint density at radius 3 is 2.94 bits per heavy atom. The van der Waals surface area contributed by atoms with Gasteiger partial charge in [-0.3, -0.25) is 4.79 Å². The van der Waals surface area contributed by atoms with Gasteiger partial charge in [0.15, 0.2) is 0 Å². The summed E-state index contributed by atoms with van der Waals surface area (Å²) in [5.74, 6) is -0.165. The number of carbonyl (C=O) groups excluding carboxylic acids is 1. The zero-order chi connectivity index (χ0) is 12.0. The van der Waals surface area contributed by atoms with Gasteiger partial charge in [0, 0.05) is 13.7 Å². The minimum absolute atomic E-state index is 0.165. The van der Waals surface area contributed by atoms with Gasteiger partial charge >= 0.3 is 0 Å². The monoisotopic (exact) mass is 243 g/mol. The molecule has 0 bridgehead atoms. The summed E-state index contributed by atoms with van der Waals surface area (Å²) in [5, 5.41) is 3.06. The van der Waals surface area contributed by atoms with E-state index in [-0.39, 0.29) is 18.4 Å². The fraction of sp³-hybridized carbons (Fsp3) is 0.400. The number of nitrogens with two attached hydrogens (primary N) is 1. The molecule has 3 N–H and O–H groups in total. The standard InChI is InChI=1S/C10H14ClN3O2/c1-16-8(5-12)4-10(15)14-7-2-3-9(11)13-6-7/h2-3,6,8H,4-5,12H2,1H3,(H,14,15). The molecule has 0 saturated carbocycles. The summed E-state index contributed by atoms with van der Waals surface area (Å²) < 4.78 is 5.00. The molecular weight excluding hydrogens is 230 g/mol. The van der Waals surface area contributed by atoms with Crippen LogP contribution in [0.5, 0.6) is 0 Å². The van der Waals surface area contributed by atoms with Crippen LogP contribution in [0.2, 0.25) is 5.15 Å². The second-order valence-corrected chi connectivity index (χ2v) is 3.60. The normalized spacial score (nSPS) is 12.2. The zero-order valence-electron chi connectivity index (χ0n) is 8.94. The van der Waals surface area contributed by atoms with Gasteiger partial charge in [0.25, 0.3) is 0 Å². The fourth-order valence-electron chi connectivity index (χ4n) is 1.13. The van der Waals surface area contributed by atoms with Crippen LogP contribution in [-0.2, 0) is 9.53 Å². The van der Waals surface area contributed by atoms with Crippen molar-refractivity contribution in [2.75, 3.05) is 19.0 Å². The number of carbonyl (C=O) groups is 1. The predicted molar refractivity (Wildman–Crippen MR) is 62.3 cm³/mol. The van der Waals surface area contributed by atoms with E-state index in [1.807, 2.05) is 0 Å². The van der Waals surface area contributed by atoms with Gasteiger partial charge in [0.05, 0.1) is 24.4 Å². The number of anilines is 1. The first kappa shape index (κ1) is 12.9. The molecule has 1 atom stereocenters. The van der Waals surface area contributed by atoms with E-state index in [2.05, 4.69) is 10.3 Å². The highest BCUT2D eigenvalue weighted by Crippen LogP contribution is 2.10. The average Bonchev–Trinajstić information content (AvgIpc) is 2.29. The molecule has 1 aromatic rings. The van der Waals surface area contributed by atoms with Crippen LogP contribution < -0.4 is 11.1 Å². The Hall–Kier alpha value is -1.17. The van der Waals surface area contributed by atoms with Gasteiger partial charge in [-0.1, -0.05) is 11.6 Å². The SMILES string of the molecule is COC(CN)CC(=O)Nc1ccc(Cl)nc1. The Morgan fingerprint density at radius 1 is 1.69 bits per heavy atom. The van der Waals surface area contributed by atoms with Crippen LogP contribution in [0.15, 0.2) is 18.3 Å². The van der Waals surface area contributed by atoms with Gasteiger partial charge < -0.3 is 15.8 Å². The number of nitrogens with one attached hydrogen (secondary N) is 1. The van der Waals surface area contributed by atoms with Gasteiger partial charge in [-0.15, -0.1) is 0 Å². The number of aromatic nitrogens is 1. The maximum absolute atomic E-state index is 11.5. The molecule has 16 heavy (non-hydrogen) atoms. The van der Waals surface area contributed by atoms with Crippen molar-refractivity contribution in [3.05, 3.63) is 23.5 Å². The predicted octanol–water partition coefficient (Wildman–Crippen LogP) is 1.04. The number of methoxy groups -OCH3 is 1. The first-order valence-corrected chi connectivity index (χ1v) is 5.17. The Labute approximate surface area is 98.9 Å². The molecule has 0 radical (unpaired) electrons. The smallest absolute Gasteiger partial charge is 0.227 e. The van der Waals surface area contributed by atoms with E-state index in [1.165, 1.54) is 13.3 Å². The van der Waals surface area contributed by atoms with Crippen molar-refractivity contribution in [3.8, 4) is 0 Å². The highest BCUT2D eigenvalue weighted by Gasteiger charge is 2.11. The summed E-state index contributed by atoms with van der Waals surface area (Å²) in [4.78, 5) is 15.4. The highest BCUT2D eigenvalue weighted by atomic mass is 35.5. The topological polar surface area (TPSA) is 77.2 Å². The van der Waals surface area contributed by atoms with Gasteiger partial charge in [0.2, 0.25) is 5.91 Å². The summed E-state index contributed by atoms with van der Waals surface area (Å²) in [6.07, 6.45) is 1.44. The Bertz CT molecular complexity index is 338. The van der Waals surface area contributed by atoms with Crippen molar-refractivity contribution in [1.29, 1.82) is 0 Å². The molecule has 1 unspecified atom stereocenters. The molecule has 5 nitrogen and oxygen atoms in total. The summed E-state index contributed by atoms with van der Waals surface area (Å²) >= 11 is 5.62. The molecule has 6 heteroatoms. The van der Waals surface area contributed by atoms with E-state index in [9.17, 15) is 4.79 Å². The molecule has 0 aliphatic carbocycles. The number of amides is 1. The largest absolute Gasteiger partial charge is 0.380 e. The van der Waals surface area contributed by atoms with E-state index in [0.717, 1.165) is 0 Å². The Kier molecular flexibility index (Phi) is 5.18. The van der Waals surface area contributed by atoms with Gasteiger partial charge in [-0.2, -0.15) is 0 Å². The number of hydrogen-bond donors (Lipinski definition) is 2. The van der Waals surface area contributed by atoms with Crippen LogP contribution in [0.4, 0.5) is 5.69 Å². The van der Waals surface area contributed by atoms with Crippen molar-refractivity contribution in [3.63, 3.8) is 0 Å². The molecule has 0 aliphatic heterocycles. The molecule has 1 amide bonds. The van der Waals surface area contributed by atoms with Crippen molar-refractivity contribution >= 4 is 23.2 Å². The molecule has 0 fully saturated rings. The second-order valence-electron chi connectivity index (χ2n) is 3.22. The minimum atomic E-state index is -0.264. The lowest BCUT2D eigenvalue weighted by Gasteiger charge is -2.12. The van der Waals surface area contributed by atoms with Crippen LogP contribution >= 0.6 is 11.6 Å². The third-order valence-electron chi connectivity index (χ3n) is 2.02. The lowest BCUT2D eigenvalue weighted by atomic mass is 10.2. The Morgan fingerprint density at radius 2 is 2.44 bits per heavy atom. The lowest BCUT2D eigenvalue weighted by Crippen LogP contribution is -2.28. The van der Waals surface area contributed by atoms with Gasteiger partial charge in [0.1, 0.15) is 5.15 Å². The number of nitrogens with zero attached hydrogens (tertiary/aromatic N) is 1. The molecule has 1 heterocycles. The van der Waals surface area contributed by atoms with Crippen molar-refractivity contribution in [2.24, 2.45) is 5.73 Å². The number of hydrogen-bond acceptors (Lipinski definition) is 4. The van der Waals surface area contributed by atoms with Gasteiger partial charge in [-0.05, 0) is 12.1 Å². The summed E-state index contributed by atoms with van der Waals surface area (Å²) in [6, 6.07) is 3.28. The van der Waals surface area contributed by atoms with E-state index in [0.29, 0.717) is 17.4 Å². The first-order valence-electron chi connectivity index (χ1n) is 4.80. The molecule has 0 aromatic carbocycles. The molecular formula is C10H14ClN3O2. The van der Waals surface area contributed by atoms with Crippen LogP contribution in [0.25, 0.3) is 0 Å². The van der Waals surface area contributed by atoms with E-state index >= 15 is 0 Å². The zero-order valence-corrected chi connectivity index (χ0v) is 9.70. The van der Waals surface area contributed by atoms with Crippen LogP contribution in [0, 0.1) is 0 Å². The Balaban J connectivity index is 2.48. The number of halogens is 1. The van der Waals surface area contributed by atoms with Crippen molar-refractivity contribution < 1.29 is 9.53 Å². The quantitative estimate of drug-likeness (QED) is 0.758. The van der Waals surface area contributed by atoms with E-state index in [1.54, 1.807) is 12.1 Å². The van der Waals surface area contributed by atoms with Crippen molar-refractivity contribution in [1.82, 2.24) is 4.98 Å². The number of ether oxygens (including phenoxy) is 1.